The molecule has 2 aromatic carbocycles. The molecule has 14 heavy (non-hydrogen) atoms. The largest absolute Gasteiger partial charge is 0.302 e. The second-order valence-electron chi connectivity index (χ2n) is 2.87. The maximum absolute atomic E-state index is 11.0. The van der Waals surface area contributed by atoms with E-state index in [1.807, 2.05) is 18.2 Å². The molecule has 2 nitrogen and oxygen atoms in total. The monoisotopic (exact) mass is 226 g/mol. The quantitative estimate of drug-likeness (QED) is 0.759. The Morgan fingerprint density at radius 2 is 1.93 bits per heavy atom. The molecule has 1 N–H and O–H groups in total. The number of rotatable bonds is 1. The van der Waals surface area contributed by atoms with Crippen molar-refractivity contribution in [1.29, 1.82) is 0 Å². The van der Waals surface area contributed by atoms with E-state index in [0.29, 0.717) is 9.92 Å². The summed E-state index contributed by atoms with van der Waals surface area (Å²) < 4.78 is 20.1. The van der Waals surface area contributed by atoms with Gasteiger partial charge in [0.2, 0.25) is 0 Å². The first-order valence-electron chi connectivity index (χ1n) is 3.97. The van der Waals surface area contributed by atoms with Gasteiger partial charge in [0.05, 0.1) is 4.90 Å². The van der Waals surface area contributed by atoms with E-state index in [9.17, 15) is 4.21 Å². The van der Waals surface area contributed by atoms with Gasteiger partial charge in [-0.15, -0.1) is 0 Å². The van der Waals surface area contributed by atoms with Gasteiger partial charge in [-0.3, -0.25) is 0 Å². The molecule has 0 saturated heterocycles. The highest BCUT2D eigenvalue weighted by Crippen LogP contribution is 2.25. The minimum absolute atomic E-state index is 0.355. The van der Waals surface area contributed by atoms with Crippen LogP contribution in [0.5, 0.6) is 0 Å². The molecule has 4 heteroatoms. The summed E-state index contributed by atoms with van der Waals surface area (Å²) in [6.45, 7) is 0. The van der Waals surface area contributed by atoms with Crippen LogP contribution in [0.15, 0.2) is 41.3 Å². The van der Waals surface area contributed by atoms with Gasteiger partial charge in [0.25, 0.3) is 0 Å². The van der Waals surface area contributed by atoms with Crippen molar-refractivity contribution in [3.63, 3.8) is 0 Å². The lowest BCUT2D eigenvalue weighted by Crippen LogP contribution is -1.90. The highest BCUT2D eigenvalue weighted by atomic mass is 35.5. The average molecular weight is 227 g/mol. The molecule has 0 heterocycles. The third-order valence-corrected chi connectivity index (χ3v) is 2.91. The highest BCUT2D eigenvalue weighted by molar-refractivity contribution is 7.79. The maximum Gasteiger partial charge on any atom is 0.187 e. The maximum atomic E-state index is 11.0. The van der Waals surface area contributed by atoms with E-state index in [0.717, 1.165) is 10.8 Å². The zero-order chi connectivity index (χ0) is 10.1. The van der Waals surface area contributed by atoms with Crippen LogP contribution in [0.3, 0.4) is 0 Å². The molecule has 1 atom stereocenters. The normalized spacial score (nSPS) is 13.0. The molecule has 1 unspecified atom stereocenters. The predicted octanol–water partition coefficient (Wildman–Crippen LogP) is 3.07. The molecule has 0 radical (unpaired) electrons. The first-order valence-corrected chi connectivity index (χ1v) is 5.46. The van der Waals surface area contributed by atoms with Gasteiger partial charge in [0, 0.05) is 10.4 Å². The third-order valence-electron chi connectivity index (χ3n) is 1.98. The number of hydrogen-bond acceptors (Lipinski definition) is 1. The van der Waals surface area contributed by atoms with E-state index in [1.54, 1.807) is 12.1 Å². The molecule has 2 rings (SSSR count). The van der Waals surface area contributed by atoms with E-state index in [1.165, 1.54) is 6.07 Å². The molecule has 0 bridgehead atoms. The predicted molar refractivity (Wildman–Crippen MR) is 58.0 cm³/mol. The second-order valence-corrected chi connectivity index (χ2v) is 4.25. The van der Waals surface area contributed by atoms with Gasteiger partial charge in [-0.25, -0.2) is 4.21 Å². The molecule has 0 aliphatic carbocycles. The topological polar surface area (TPSA) is 37.3 Å². The first kappa shape index (κ1) is 9.65. The number of hydrogen-bond donors (Lipinski definition) is 1. The molecular weight excluding hydrogens is 220 g/mol. The summed E-state index contributed by atoms with van der Waals surface area (Å²) in [7, 11) is 0. The van der Waals surface area contributed by atoms with Gasteiger partial charge in [0.15, 0.2) is 11.1 Å². The Morgan fingerprint density at radius 3 is 2.64 bits per heavy atom. The first-order chi connectivity index (χ1) is 6.68. The van der Waals surface area contributed by atoms with E-state index < -0.39 is 11.1 Å². The summed E-state index contributed by atoms with van der Waals surface area (Å²) >= 11 is 3.82. The Hall–Kier alpha value is -0.900. The average Bonchev–Trinajstić information content (AvgIpc) is 2.16. The van der Waals surface area contributed by atoms with Gasteiger partial charge in [0.1, 0.15) is 0 Å². The minimum Gasteiger partial charge on any atom is -0.302 e. The summed E-state index contributed by atoms with van der Waals surface area (Å²) in [4.78, 5) is 0.355. The van der Waals surface area contributed by atoms with Crippen LogP contribution in [0.4, 0.5) is 0 Å². The molecule has 0 aliphatic heterocycles. The summed E-state index contributed by atoms with van der Waals surface area (Å²) in [6, 6.07) is 10.6. The van der Waals surface area contributed by atoms with E-state index >= 15 is 0 Å². The van der Waals surface area contributed by atoms with Crippen LogP contribution < -0.4 is 0 Å². The van der Waals surface area contributed by atoms with Crippen LogP contribution in [-0.4, -0.2) is 8.76 Å². The van der Waals surface area contributed by atoms with Crippen molar-refractivity contribution in [2.24, 2.45) is 0 Å². The van der Waals surface area contributed by atoms with E-state index in [4.69, 9.17) is 16.2 Å². The van der Waals surface area contributed by atoms with Crippen molar-refractivity contribution < 1.29 is 8.76 Å². The Bertz CT molecular complexity index is 510. The Kier molecular flexibility index (Phi) is 2.54. The van der Waals surface area contributed by atoms with Gasteiger partial charge in [-0.05, 0) is 17.5 Å². The van der Waals surface area contributed by atoms with Crippen molar-refractivity contribution in [3.05, 3.63) is 41.4 Å². The SMILES string of the molecule is O=S(O)c1cc(Cl)cc2ccccc12. The number of halogens is 1. The number of benzene rings is 2. The Morgan fingerprint density at radius 1 is 1.21 bits per heavy atom. The summed E-state index contributed by atoms with van der Waals surface area (Å²) in [5, 5.41) is 2.11. The molecule has 72 valence electrons. The molecule has 2 aromatic rings. The van der Waals surface area contributed by atoms with Gasteiger partial charge < -0.3 is 4.55 Å². The van der Waals surface area contributed by atoms with E-state index in [2.05, 4.69) is 0 Å². The van der Waals surface area contributed by atoms with Gasteiger partial charge >= 0.3 is 0 Å². The molecule has 0 fully saturated rings. The summed E-state index contributed by atoms with van der Waals surface area (Å²) in [6.07, 6.45) is 0. The molecule has 0 aliphatic rings. The molecule has 0 spiro atoms. The number of fused-ring (bicyclic) bond motifs is 1. The van der Waals surface area contributed by atoms with Crippen molar-refractivity contribution >= 4 is 33.5 Å². The highest BCUT2D eigenvalue weighted by Gasteiger charge is 2.07. The second kappa shape index (κ2) is 3.69. The smallest absolute Gasteiger partial charge is 0.187 e. The molecule has 0 aromatic heterocycles. The minimum atomic E-state index is -2.00. The van der Waals surface area contributed by atoms with Crippen molar-refractivity contribution in [2.75, 3.05) is 0 Å². The third kappa shape index (κ3) is 1.66. The van der Waals surface area contributed by atoms with Crippen LogP contribution in [-0.2, 0) is 11.1 Å². The standard InChI is InChI=1S/C10H7ClO2S/c11-8-5-7-3-1-2-4-9(7)10(6-8)14(12)13/h1-6H,(H,12,13). The fourth-order valence-electron chi connectivity index (χ4n) is 1.38. The van der Waals surface area contributed by atoms with Crippen molar-refractivity contribution in [3.8, 4) is 0 Å². The van der Waals surface area contributed by atoms with Crippen molar-refractivity contribution in [2.45, 2.75) is 4.90 Å². The summed E-state index contributed by atoms with van der Waals surface area (Å²) in [5.41, 5.74) is 0. The lowest BCUT2D eigenvalue weighted by Gasteiger charge is -2.03. The van der Waals surface area contributed by atoms with Gasteiger partial charge in [-0.1, -0.05) is 35.9 Å². The van der Waals surface area contributed by atoms with Crippen LogP contribution >= 0.6 is 11.6 Å². The van der Waals surface area contributed by atoms with E-state index in [-0.39, 0.29) is 0 Å². The van der Waals surface area contributed by atoms with Crippen LogP contribution in [0.25, 0.3) is 10.8 Å². The van der Waals surface area contributed by atoms with Crippen LogP contribution in [0, 0.1) is 0 Å². The lowest BCUT2D eigenvalue weighted by atomic mass is 10.1. The van der Waals surface area contributed by atoms with Crippen LogP contribution in [0.1, 0.15) is 0 Å². The van der Waals surface area contributed by atoms with Crippen LogP contribution in [0.2, 0.25) is 5.02 Å². The molecule has 0 saturated carbocycles. The lowest BCUT2D eigenvalue weighted by molar-refractivity contribution is 0.565. The fraction of sp³-hybridized carbons (Fsp3) is 0. The molecular formula is C10H7ClO2S. The fourth-order valence-corrected chi connectivity index (χ4v) is 2.28. The summed E-state index contributed by atoms with van der Waals surface area (Å²) in [5.74, 6) is 0. The zero-order valence-electron chi connectivity index (χ0n) is 7.11. The molecule has 0 amide bonds. The Balaban J connectivity index is 2.87. The Labute approximate surface area is 88.8 Å². The zero-order valence-corrected chi connectivity index (χ0v) is 8.68. The van der Waals surface area contributed by atoms with Crippen molar-refractivity contribution in [1.82, 2.24) is 0 Å². The van der Waals surface area contributed by atoms with Gasteiger partial charge in [-0.2, -0.15) is 0 Å².